The minimum atomic E-state index is -0.0383. The molecule has 1 amide bonds. The van der Waals surface area contributed by atoms with Crippen LogP contribution >= 0.6 is 11.8 Å². The van der Waals surface area contributed by atoms with Crippen LogP contribution in [0.3, 0.4) is 0 Å². The number of aromatic nitrogens is 3. The molecule has 0 bridgehead atoms. The van der Waals surface area contributed by atoms with Gasteiger partial charge in [0.25, 0.3) is 0 Å². The minimum Gasteiger partial charge on any atom is -0.493 e. The molecule has 0 aliphatic carbocycles. The molecule has 0 spiro atoms. The number of thioether (sulfide) groups is 1. The van der Waals surface area contributed by atoms with E-state index in [0.29, 0.717) is 41.3 Å². The van der Waals surface area contributed by atoms with Crippen LogP contribution in [0, 0.1) is 0 Å². The van der Waals surface area contributed by atoms with E-state index in [1.54, 1.807) is 32.4 Å². The van der Waals surface area contributed by atoms with Gasteiger partial charge in [-0.15, -0.1) is 10.2 Å². The first kappa shape index (κ1) is 23.4. The van der Waals surface area contributed by atoms with Crippen LogP contribution in [0.5, 0.6) is 11.5 Å². The minimum absolute atomic E-state index is 0.0383. The van der Waals surface area contributed by atoms with Gasteiger partial charge >= 0.3 is 0 Å². The lowest BCUT2D eigenvalue weighted by molar-refractivity contribution is -0.127. The second kappa shape index (κ2) is 10.9. The van der Waals surface area contributed by atoms with Gasteiger partial charge in [0, 0.05) is 19.2 Å². The first-order chi connectivity index (χ1) is 16.6. The number of nitrogens with zero attached hydrogens (tertiary/aromatic N) is 4. The molecule has 0 saturated heterocycles. The number of hydrogen-bond donors (Lipinski definition) is 0. The number of carbonyl (C=O) groups excluding carboxylic acids is 1. The summed E-state index contributed by atoms with van der Waals surface area (Å²) in [7, 11) is 4.95. The number of amides is 1. The molecular weight excluding hydrogens is 452 g/mol. The lowest BCUT2D eigenvalue weighted by Gasteiger charge is -2.20. The van der Waals surface area contributed by atoms with Crippen molar-refractivity contribution in [3.63, 3.8) is 0 Å². The fourth-order valence-corrected chi connectivity index (χ4v) is 4.43. The van der Waals surface area contributed by atoms with Crippen LogP contribution in [0.2, 0.25) is 0 Å². The number of para-hydroxylation sites is 1. The Morgan fingerprint density at radius 1 is 1.03 bits per heavy atom. The van der Waals surface area contributed by atoms with Crippen LogP contribution in [0.1, 0.15) is 11.1 Å². The average molecular weight is 479 g/mol. The molecular formula is C25H26N4O4S. The Labute approximate surface area is 202 Å². The van der Waals surface area contributed by atoms with E-state index in [-0.39, 0.29) is 11.7 Å². The van der Waals surface area contributed by atoms with Gasteiger partial charge in [-0.05, 0) is 23.8 Å². The number of carbonyl (C=O) groups is 1. The van der Waals surface area contributed by atoms with Gasteiger partial charge in [-0.2, -0.15) is 0 Å². The molecule has 176 valence electrons. The lowest BCUT2D eigenvalue weighted by atomic mass is 10.1. The molecule has 0 aliphatic rings. The number of ether oxygens (including phenoxy) is 2. The summed E-state index contributed by atoms with van der Waals surface area (Å²) in [5.74, 6) is 2.69. The summed E-state index contributed by atoms with van der Waals surface area (Å²) >= 11 is 1.35. The zero-order chi connectivity index (χ0) is 23.9. The second-order valence-corrected chi connectivity index (χ2v) is 8.49. The van der Waals surface area contributed by atoms with Gasteiger partial charge in [-0.25, -0.2) is 0 Å². The van der Waals surface area contributed by atoms with Crippen molar-refractivity contribution >= 4 is 17.7 Å². The Morgan fingerprint density at radius 3 is 2.56 bits per heavy atom. The Bertz CT molecular complexity index is 1230. The van der Waals surface area contributed by atoms with E-state index in [0.717, 1.165) is 11.1 Å². The number of hydrogen-bond acceptors (Lipinski definition) is 7. The maximum absolute atomic E-state index is 12.9. The van der Waals surface area contributed by atoms with Gasteiger partial charge in [-0.3, -0.25) is 9.36 Å². The lowest BCUT2D eigenvalue weighted by Crippen LogP contribution is -2.28. The van der Waals surface area contributed by atoms with Crippen LogP contribution in [0.15, 0.2) is 76.5 Å². The molecule has 2 heterocycles. The summed E-state index contributed by atoms with van der Waals surface area (Å²) in [6, 6.07) is 19.3. The molecule has 9 heteroatoms. The Morgan fingerprint density at radius 2 is 1.85 bits per heavy atom. The average Bonchev–Trinajstić information content (AvgIpc) is 3.53. The number of furan rings is 1. The highest BCUT2D eigenvalue weighted by molar-refractivity contribution is 7.99. The topological polar surface area (TPSA) is 82.6 Å². The number of methoxy groups -OCH3 is 2. The predicted octanol–water partition coefficient (Wildman–Crippen LogP) is 4.35. The molecule has 0 atom stereocenters. The van der Waals surface area contributed by atoms with E-state index in [1.165, 1.54) is 11.8 Å². The summed E-state index contributed by atoms with van der Waals surface area (Å²) in [6.45, 7) is 0.964. The van der Waals surface area contributed by atoms with Gasteiger partial charge in [0.15, 0.2) is 22.4 Å². The van der Waals surface area contributed by atoms with E-state index < -0.39 is 0 Å². The normalized spacial score (nSPS) is 10.8. The van der Waals surface area contributed by atoms with Crippen LogP contribution in [0.25, 0.3) is 11.6 Å². The fraction of sp³-hybridized carbons (Fsp3) is 0.240. The van der Waals surface area contributed by atoms with Crippen molar-refractivity contribution in [2.75, 3.05) is 27.0 Å². The molecule has 4 rings (SSSR count). The summed E-state index contributed by atoms with van der Waals surface area (Å²) in [5, 5.41) is 9.32. The van der Waals surface area contributed by atoms with Crippen molar-refractivity contribution in [3.05, 3.63) is 78.1 Å². The van der Waals surface area contributed by atoms with Crippen LogP contribution < -0.4 is 9.47 Å². The highest BCUT2D eigenvalue weighted by atomic mass is 32.2. The van der Waals surface area contributed by atoms with E-state index >= 15 is 0 Å². The van der Waals surface area contributed by atoms with Crippen molar-refractivity contribution in [3.8, 4) is 23.1 Å². The van der Waals surface area contributed by atoms with E-state index in [9.17, 15) is 4.79 Å². The fourth-order valence-electron chi connectivity index (χ4n) is 3.55. The molecule has 34 heavy (non-hydrogen) atoms. The molecule has 0 unspecified atom stereocenters. The SMILES string of the molecule is COc1cccc(CN(C)C(=O)CSc2nnc(-c3ccco3)n2Cc2ccccc2)c1OC. The Kier molecular flexibility index (Phi) is 7.54. The molecule has 0 radical (unpaired) electrons. The number of benzene rings is 2. The largest absolute Gasteiger partial charge is 0.493 e. The third kappa shape index (κ3) is 5.26. The highest BCUT2D eigenvalue weighted by Crippen LogP contribution is 2.31. The Balaban J connectivity index is 1.48. The molecule has 2 aromatic heterocycles. The van der Waals surface area contributed by atoms with Gasteiger partial charge in [0.2, 0.25) is 11.7 Å². The third-order valence-corrected chi connectivity index (χ3v) is 6.24. The summed E-state index contributed by atoms with van der Waals surface area (Å²) in [5.41, 5.74) is 1.97. The van der Waals surface area contributed by atoms with Crippen molar-refractivity contribution in [1.29, 1.82) is 0 Å². The smallest absolute Gasteiger partial charge is 0.233 e. The standard InChI is InChI=1S/C25H26N4O4S/c1-28(16-19-11-7-12-20(31-2)23(19)32-3)22(30)17-34-25-27-26-24(21-13-8-14-33-21)29(25)15-18-9-5-4-6-10-18/h4-14H,15-17H2,1-3H3. The van der Waals surface area contributed by atoms with Gasteiger partial charge in [0.1, 0.15) is 0 Å². The summed E-state index contributed by atoms with van der Waals surface area (Å²) < 4.78 is 18.4. The van der Waals surface area contributed by atoms with Gasteiger partial charge in [-0.1, -0.05) is 54.2 Å². The van der Waals surface area contributed by atoms with Crippen LogP contribution in [-0.4, -0.2) is 52.6 Å². The predicted molar refractivity (Wildman–Crippen MR) is 130 cm³/mol. The molecule has 0 aliphatic heterocycles. The van der Waals surface area contributed by atoms with Crippen LogP contribution in [-0.2, 0) is 17.9 Å². The first-order valence-electron chi connectivity index (χ1n) is 10.7. The summed E-state index contributed by atoms with van der Waals surface area (Å²) in [6.07, 6.45) is 1.61. The molecule has 0 saturated carbocycles. The maximum atomic E-state index is 12.9. The van der Waals surface area contributed by atoms with Crippen molar-refractivity contribution < 1.29 is 18.7 Å². The third-order valence-electron chi connectivity index (χ3n) is 5.28. The molecule has 0 N–H and O–H groups in total. The van der Waals surface area contributed by atoms with E-state index in [2.05, 4.69) is 10.2 Å². The maximum Gasteiger partial charge on any atom is 0.233 e. The molecule has 4 aromatic rings. The van der Waals surface area contributed by atoms with Crippen LogP contribution in [0.4, 0.5) is 0 Å². The number of rotatable bonds is 10. The second-order valence-electron chi connectivity index (χ2n) is 7.55. The van der Waals surface area contributed by atoms with Crippen molar-refractivity contribution in [2.24, 2.45) is 0 Å². The molecule has 2 aromatic carbocycles. The molecule has 8 nitrogen and oxygen atoms in total. The van der Waals surface area contributed by atoms with Gasteiger partial charge < -0.3 is 18.8 Å². The zero-order valence-electron chi connectivity index (χ0n) is 19.3. The summed E-state index contributed by atoms with van der Waals surface area (Å²) in [4.78, 5) is 14.6. The zero-order valence-corrected chi connectivity index (χ0v) is 20.1. The van der Waals surface area contributed by atoms with E-state index in [4.69, 9.17) is 13.9 Å². The quantitative estimate of drug-likeness (QED) is 0.313. The highest BCUT2D eigenvalue weighted by Gasteiger charge is 2.20. The van der Waals surface area contributed by atoms with Crippen molar-refractivity contribution in [1.82, 2.24) is 19.7 Å². The van der Waals surface area contributed by atoms with Gasteiger partial charge in [0.05, 0.1) is 32.8 Å². The van der Waals surface area contributed by atoms with Crippen molar-refractivity contribution in [2.45, 2.75) is 18.2 Å². The Hall–Kier alpha value is -3.72. The monoisotopic (exact) mass is 478 g/mol. The molecule has 0 fully saturated rings. The first-order valence-corrected chi connectivity index (χ1v) is 11.7. The van der Waals surface area contributed by atoms with E-state index in [1.807, 2.05) is 65.2 Å².